The minimum absolute atomic E-state index is 0. The molecule has 0 saturated heterocycles. The second-order valence-electron chi connectivity index (χ2n) is 0.447. The van der Waals surface area contributed by atoms with Crippen LogP contribution in [0.25, 0.3) is 0 Å². The number of nitrogens with zero attached hydrogens (tertiary/aromatic N) is 6. The quantitative estimate of drug-likeness (QED) is 0.372. The van der Waals surface area contributed by atoms with Gasteiger partial charge in [-0.05, 0) is 0 Å². The van der Waals surface area contributed by atoms with Crippen LogP contribution in [-0.4, -0.2) is 0 Å². The van der Waals surface area contributed by atoms with Crippen LogP contribution in [0.2, 0.25) is 0 Å². The molecule has 0 N–H and O–H groups in total. The molecule has 18 nitrogen and oxygen atoms in total. The normalized spacial score (nSPS) is 3.43. The van der Waals surface area contributed by atoms with Crippen molar-refractivity contribution in [2.75, 3.05) is 0 Å². The maximum absolute atomic E-state index is 8.00. The summed E-state index contributed by atoms with van der Waals surface area (Å²) in [5.41, 5.74) is 0. The molecular formula is Co3N6O12. The van der Waals surface area contributed by atoms with Crippen LogP contribution < -0.4 is 0 Å². The Morgan fingerprint density at radius 1 is 0.333 bits per heavy atom. The molecule has 0 aromatic heterocycles. The SMILES string of the molecule is O=N[O-].O=N[O-].O=N[O-].O=N[O-].O=N[O-].O=N[O-].[Co+2].[Co+2].[Co+2]. The second-order valence-corrected chi connectivity index (χ2v) is 0.447. The van der Waals surface area contributed by atoms with Crippen LogP contribution in [0.3, 0.4) is 0 Å². The van der Waals surface area contributed by atoms with Gasteiger partial charge in [-0.2, -0.15) is 0 Å². The Morgan fingerprint density at radius 3 is 0.333 bits per heavy atom. The van der Waals surface area contributed by atoms with Gasteiger partial charge in [0.05, 0.1) is 0 Å². The predicted molar refractivity (Wildman–Crippen MR) is 55.0 cm³/mol. The van der Waals surface area contributed by atoms with Crippen molar-refractivity contribution in [2.24, 2.45) is 32.0 Å². The Labute approximate surface area is 143 Å². The van der Waals surface area contributed by atoms with Crippen LogP contribution in [0.4, 0.5) is 0 Å². The molecule has 0 atom stereocenters. The van der Waals surface area contributed by atoms with Crippen molar-refractivity contribution >= 4 is 0 Å². The predicted octanol–water partition coefficient (Wildman–Crippen LogP) is 1.50. The molecule has 0 heterocycles. The fourth-order valence-electron chi connectivity index (χ4n) is 0. The third-order valence-electron chi connectivity index (χ3n) is 0. The zero-order valence-corrected chi connectivity index (χ0v) is 11.7. The van der Waals surface area contributed by atoms with Gasteiger partial charge < -0.3 is 60.7 Å². The molecule has 0 saturated carbocycles. The molecule has 0 aliphatic heterocycles. The van der Waals surface area contributed by atoms with Crippen molar-refractivity contribution in [2.45, 2.75) is 0 Å². The van der Waals surface area contributed by atoms with Gasteiger partial charge in [-0.1, -0.05) is 0 Å². The maximum Gasteiger partial charge on any atom is 2.00 e. The van der Waals surface area contributed by atoms with Crippen molar-refractivity contribution in [1.29, 1.82) is 0 Å². The molecule has 3 radical (unpaired) electrons. The molecule has 0 aromatic carbocycles. The van der Waals surface area contributed by atoms with Crippen molar-refractivity contribution in [1.82, 2.24) is 0 Å². The van der Waals surface area contributed by atoms with Crippen LogP contribution in [0, 0.1) is 60.7 Å². The summed E-state index contributed by atoms with van der Waals surface area (Å²) in [6, 6.07) is 0. The summed E-state index contributed by atoms with van der Waals surface area (Å²) in [6.07, 6.45) is 0. The minimum atomic E-state index is 0. The van der Waals surface area contributed by atoms with E-state index in [-0.39, 0.29) is 50.3 Å². The van der Waals surface area contributed by atoms with E-state index in [0.29, 0.717) is 0 Å². The van der Waals surface area contributed by atoms with E-state index in [1.165, 1.54) is 0 Å². The maximum atomic E-state index is 8.00. The molecule has 0 amide bonds. The summed E-state index contributed by atoms with van der Waals surface area (Å²) < 4.78 is 0. The topological polar surface area (TPSA) is 315 Å². The van der Waals surface area contributed by atoms with Gasteiger partial charge in [0.25, 0.3) is 0 Å². The first-order valence-corrected chi connectivity index (χ1v) is 2.19. The van der Waals surface area contributed by atoms with E-state index in [1.54, 1.807) is 0 Å². The van der Waals surface area contributed by atoms with E-state index in [2.05, 4.69) is 0 Å². The number of hydrogen-bond donors (Lipinski definition) is 0. The summed E-state index contributed by atoms with van der Waals surface area (Å²) in [7, 11) is 0. The molecule has 0 bridgehead atoms. The molecule has 21 heavy (non-hydrogen) atoms. The van der Waals surface area contributed by atoms with E-state index in [9.17, 15) is 0 Å². The van der Waals surface area contributed by atoms with Gasteiger partial charge in [-0.3, -0.25) is 0 Å². The Balaban J connectivity index is -0.0000000114. The molecule has 0 spiro atoms. The van der Waals surface area contributed by atoms with Crippen LogP contribution in [0.5, 0.6) is 0 Å². The average Bonchev–Trinajstić information content (AvgIpc) is 2.23. The smallest absolute Gasteiger partial charge is 0.444 e. The third kappa shape index (κ3) is 1050. The third-order valence-corrected chi connectivity index (χ3v) is 0. The largest absolute Gasteiger partial charge is 2.00 e. The van der Waals surface area contributed by atoms with Crippen LogP contribution in [0.15, 0.2) is 32.0 Å². The first-order chi connectivity index (χ1) is 8.49. The van der Waals surface area contributed by atoms with E-state index >= 15 is 0 Å². The van der Waals surface area contributed by atoms with Gasteiger partial charge >= 0.3 is 50.3 Å². The molecule has 0 aliphatic rings. The van der Waals surface area contributed by atoms with E-state index < -0.39 is 0 Å². The fourth-order valence-corrected chi connectivity index (χ4v) is 0. The van der Waals surface area contributed by atoms with E-state index in [4.69, 9.17) is 60.7 Å². The summed E-state index contributed by atoms with van der Waals surface area (Å²) in [4.78, 5) is 48.0. The standard InChI is InChI=1S/3Co.6HNO2/c;;;6*2-1-3/h;;;6*(H,2,3)/q3*+2;;;;;;/p-6. The number of hydrogen-bond acceptors (Lipinski definition) is 18. The Bertz CT molecular complexity index is 121. The second kappa shape index (κ2) is 334. The van der Waals surface area contributed by atoms with Crippen molar-refractivity contribution in [3.63, 3.8) is 0 Å². The van der Waals surface area contributed by atoms with Gasteiger partial charge in [0.2, 0.25) is 0 Å². The molecule has 0 fully saturated rings. The molecule has 0 aromatic rings. The van der Waals surface area contributed by atoms with Crippen LogP contribution in [-0.2, 0) is 50.3 Å². The molecule has 0 rings (SSSR count). The molecule has 21 heteroatoms. The fraction of sp³-hybridized carbons (Fsp3) is 0. The number of rotatable bonds is 0. The van der Waals surface area contributed by atoms with Crippen molar-refractivity contribution < 1.29 is 50.3 Å². The van der Waals surface area contributed by atoms with Gasteiger partial charge in [-0.15, -0.1) is 32.0 Å². The summed E-state index contributed by atoms with van der Waals surface area (Å²) in [6.45, 7) is 0. The van der Waals surface area contributed by atoms with Gasteiger partial charge in [0, 0.05) is 0 Å². The van der Waals surface area contributed by atoms with E-state index in [1.807, 2.05) is 0 Å². The van der Waals surface area contributed by atoms with Gasteiger partial charge in [0.1, 0.15) is 0 Å². The summed E-state index contributed by atoms with van der Waals surface area (Å²) in [5, 5.41) is 54.0. The van der Waals surface area contributed by atoms with Crippen LogP contribution >= 0.6 is 0 Å². The zero-order chi connectivity index (χ0) is 16.2. The first-order valence-electron chi connectivity index (χ1n) is 2.19. The zero-order valence-electron chi connectivity index (χ0n) is 8.58. The van der Waals surface area contributed by atoms with Crippen molar-refractivity contribution in [3.05, 3.63) is 60.7 Å². The molecule has 0 unspecified atom stereocenters. The first kappa shape index (κ1) is 61.7. The van der Waals surface area contributed by atoms with Crippen LogP contribution in [0.1, 0.15) is 0 Å². The Hall–Kier alpha value is -2.08. The molecule has 0 aliphatic carbocycles. The van der Waals surface area contributed by atoms with E-state index in [0.717, 1.165) is 32.0 Å². The van der Waals surface area contributed by atoms with Gasteiger partial charge in [0.15, 0.2) is 0 Å². The molecule has 129 valence electrons. The monoisotopic (exact) mass is 453 g/mol. The van der Waals surface area contributed by atoms with Crippen molar-refractivity contribution in [3.8, 4) is 0 Å². The minimum Gasteiger partial charge on any atom is -0.444 e. The summed E-state index contributed by atoms with van der Waals surface area (Å²) >= 11 is 0. The average molecular weight is 453 g/mol. The van der Waals surface area contributed by atoms with Gasteiger partial charge in [-0.25, -0.2) is 0 Å². The summed E-state index contributed by atoms with van der Waals surface area (Å²) in [5.74, 6) is 0. The Kier molecular flexibility index (Phi) is 982. The Morgan fingerprint density at radius 2 is 0.333 bits per heavy atom. The molecular weight excluding hydrogens is 453 g/mol.